The van der Waals surface area contributed by atoms with Crippen LogP contribution in [0.25, 0.3) is 0 Å². The summed E-state index contributed by atoms with van der Waals surface area (Å²) in [5.74, 6) is 2.31. The van der Waals surface area contributed by atoms with E-state index in [1.54, 1.807) is 12.3 Å². The van der Waals surface area contributed by atoms with Crippen LogP contribution in [0.3, 0.4) is 0 Å². The van der Waals surface area contributed by atoms with E-state index in [2.05, 4.69) is 9.88 Å². The van der Waals surface area contributed by atoms with Crippen molar-refractivity contribution in [2.75, 3.05) is 31.1 Å². The molecule has 4 rings (SSSR count). The van der Waals surface area contributed by atoms with E-state index in [0.29, 0.717) is 33.8 Å². The first-order valence-corrected chi connectivity index (χ1v) is 10.4. The van der Waals surface area contributed by atoms with Gasteiger partial charge in [-0.15, -0.1) is 24.8 Å². The molecule has 158 valence electrons. The average Bonchev–Trinajstić information content (AvgIpc) is 2.61. The fraction of sp³-hybridized carbons (Fsp3) is 0.684. The number of aromatic nitrogens is 1. The van der Waals surface area contributed by atoms with Crippen molar-refractivity contribution in [3.8, 4) is 0 Å². The Balaban J connectivity index is 0.00000140. The second kappa shape index (κ2) is 10.0. The van der Waals surface area contributed by atoms with Crippen LogP contribution in [0.15, 0.2) is 12.3 Å². The molecule has 1 amide bonds. The lowest BCUT2D eigenvalue weighted by Gasteiger charge is -2.45. The highest BCUT2D eigenvalue weighted by molar-refractivity contribution is 6.36. The van der Waals surface area contributed by atoms with E-state index >= 15 is 0 Å². The number of pyridine rings is 1. The third-order valence-corrected chi connectivity index (χ3v) is 6.93. The van der Waals surface area contributed by atoms with Crippen molar-refractivity contribution in [2.24, 2.45) is 23.5 Å². The first-order valence-electron chi connectivity index (χ1n) is 9.63. The smallest absolute Gasteiger partial charge is 0.225 e. The molecule has 3 aliphatic rings. The van der Waals surface area contributed by atoms with Gasteiger partial charge in [-0.05, 0) is 43.6 Å². The Morgan fingerprint density at radius 3 is 2.25 bits per heavy atom. The Hall–Kier alpha value is -0.460. The Kier molecular flexibility index (Phi) is 8.53. The first kappa shape index (κ1) is 23.8. The number of anilines is 1. The SMILES string of the molecule is Cl.Cl.NC1C2CCCC1CC(C(=O)N1CCN(c3ncc(Cl)cc3Cl)CC1)C2. The van der Waals surface area contributed by atoms with Crippen molar-refractivity contribution in [2.45, 2.75) is 38.1 Å². The van der Waals surface area contributed by atoms with Gasteiger partial charge in [0, 0.05) is 44.3 Å². The predicted molar refractivity (Wildman–Crippen MR) is 119 cm³/mol. The van der Waals surface area contributed by atoms with E-state index in [0.717, 1.165) is 44.8 Å². The van der Waals surface area contributed by atoms with Crippen molar-refractivity contribution in [1.82, 2.24) is 9.88 Å². The van der Waals surface area contributed by atoms with Crippen LogP contribution in [0.2, 0.25) is 10.0 Å². The number of carbonyl (C=O) groups is 1. The van der Waals surface area contributed by atoms with Crippen LogP contribution in [0.5, 0.6) is 0 Å². The lowest BCUT2D eigenvalue weighted by molar-refractivity contribution is -0.138. The molecular weight excluding hydrogens is 442 g/mol. The largest absolute Gasteiger partial charge is 0.352 e. The molecule has 2 heterocycles. The molecule has 2 bridgehead atoms. The zero-order valence-corrected chi connectivity index (χ0v) is 18.9. The van der Waals surface area contributed by atoms with E-state index in [9.17, 15) is 4.79 Å². The van der Waals surface area contributed by atoms with Crippen molar-refractivity contribution >= 4 is 59.7 Å². The fourth-order valence-corrected chi connectivity index (χ4v) is 5.53. The summed E-state index contributed by atoms with van der Waals surface area (Å²) >= 11 is 12.2. The van der Waals surface area contributed by atoms with Crippen LogP contribution in [-0.2, 0) is 4.79 Å². The maximum Gasteiger partial charge on any atom is 0.225 e. The number of amides is 1. The number of nitrogens with two attached hydrogens (primary N) is 1. The van der Waals surface area contributed by atoms with E-state index in [1.807, 2.05) is 4.90 Å². The number of halogens is 4. The maximum absolute atomic E-state index is 13.1. The number of hydrogen-bond donors (Lipinski definition) is 1. The van der Waals surface area contributed by atoms with Crippen LogP contribution in [-0.4, -0.2) is 48.0 Å². The molecule has 2 saturated carbocycles. The molecule has 1 aromatic heterocycles. The normalized spacial score (nSPS) is 29.5. The highest BCUT2D eigenvalue weighted by atomic mass is 35.5. The van der Waals surface area contributed by atoms with Crippen LogP contribution >= 0.6 is 48.0 Å². The molecule has 3 fully saturated rings. The first-order chi connectivity index (χ1) is 12.5. The molecule has 2 aliphatic carbocycles. The van der Waals surface area contributed by atoms with Crippen molar-refractivity contribution in [1.29, 1.82) is 0 Å². The predicted octanol–water partition coefficient (Wildman–Crippen LogP) is 4.03. The Labute approximate surface area is 189 Å². The van der Waals surface area contributed by atoms with Gasteiger partial charge in [0.25, 0.3) is 0 Å². The molecule has 2 atom stereocenters. The van der Waals surface area contributed by atoms with Gasteiger partial charge in [-0.2, -0.15) is 0 Å². The highest BCUT2D eigenvalue weighted by Gasteiger charge is 2.42. The number of carbonyl (C=O) groups excluding carboxylic acids is 1. The molecule has 1 aliphatic heterocycles. The molecule has 5 nitrogen and oxygen atoms in total. The summed E-state index contributed by atoms with van der Waals surface area (Å²) < 4.78 is 0. The molecular formula is C19H28Cl4N4O. The lowest BCUT2D eigenvalue weighted by atomic mass is 9.65. The molecule has 0 radical (unpaired) electrons. The summed E-state index contributed by atoms with van der Waals surface area (Å²) in [6.07, 6.45) is 7.22. The van der Waals surface area contributed by atoms with Gasteiger partial charge in [0.2, 0.25) is 5.91 Å². The van der Waals surface area contributed by atoms with E-state index < -0.39 is 0 Å². The lowest BCUT2D eigenvalue weighted by Crippen LogP contribution is -2.54. The summed E-state index contributed by atoms with van der Waals surface area (Å²) in [6, 6.07) is 2.02. The van der Waals surface area contributed by atoms with Gasteiger partial charge in [-0.3, -0.25) is 4.79 Å². The number of piperazine rings is 1. The molecule has 9 heteroatoms. The molecule has 2 N–H and O–H groups in total. The molecule has 0 aromatic carbocycles. The van der Waals surface area contributed by atoms with Gasteiger partial charge in [-0.1, -0.05) is 29.6 Å². The fourth-order valence-electron chi connectivity index (χ4n) is 5.03. The maximum atomic E-state index is 13.1. The number of fused-ring (bicyclic) bond motifs is 2. The number of nitrogens with zero attached hydrogens (tertiary/aromatic N) is 3. The highest BCUT2D eigenvalue weighted by Crippen LogP contribution is 2.42. The van der Waals surface area contributed by atoms with Gasteiger partial charge in [-0.25, -0.2) is 4.98 Å². The van der Waals surface area contributed by atoms with Crippen LogP contribution < -0.4 is 10.6 Å². The molecule has 0 spiro atoms. The van der Waals surface area contributed by atoms with Gasteiger partial charge >= 0.3 is 0 Å². The second-order valence-electron chi connectivity index (χ2n) is 7.97. The standard InChI is InChI=1S/C19H26Cl2N4O.2ClH/c20-15-10-16(21)18(23-11-15)24-4-6-25(7-5-24)19(26)14-8-12-2-1-3-13(9-14)17(12)22;;/h10-14,17H,1-9,22H2;2*1H. The molecule has 2 unspecified atom stereocenters. The van der Waals surface area contributed by atoms with Crippen LogP contribution in [0.4, 0.5) is 5.82 Å². The summed E-state index contributed by atoms with van der Waals surface area (Å²) in [7, 11) is 0. The minimum atomic E-state index is 0. The van der Waals surface area contributed by atoms with Crippen molar-refractivity contribution < 1.29 is 4.79 Å². The van der Waals surface area contributed by atoms with E-state index in [-0.39, 0.29) is 30.7 Å². The Morgan fingerprint density at radius 2 is 1.68 bits per heavy atom. The van der Waals surface area contributed by atoms with Crippen molar-refractivity contribution in [3.05, 3.63) is 22.3 Å². The topological polar surface area (TPSA) is 62.5 Å². The molecule has 28 heavy (non-hydrogen) atoms. The van der Waals surface area contributed by atoms with E-state index in [1.165, 1.54) is 19.3 Å². The molecule has 1 aromatic rings. The third-order valence-electron chi connectivity index (χ3n) is 6.44. The van der Waals surface area contributed by atoms with Crippen LogP contribution in [0.1, 0.15) is 32.1 Å². The Morgan fingerprint density at radius 1 is 1.07 bits per heavy atom. The van der Waals surface area contributed by atoms with Gasteiger partial charge in [0.05, 0.1) is 10.0 Å². The van der Waals surface area contributed by atoms with Gasteiger partial charge in [0.15, 0.2) is 0 Å². The van der Waals surface area contributed by atoms with Crippen molar-refractivity contribution in [3.63, 3.8) is 0 Å². The quantitative estimate of drug-likeness (QED) is 0.709. The minimum absolute atomic E-state index is 0. The van der Waals surface area contributed by atoms with Crippen LogP contribution in [0, 0.1) is 17.8 Å². The number of hydrogen-bond acceptors (Lipinski definition) is 4. The average molecular weight is 470 g/mol. The van der Waals surface area contributed by atoms with Gasteiger partial charge < -0.3 is 15.5 Å². The summed E-state index contributed by atoms with van der Waals surface area (Å²) in [6.45, 7) is 2.94. The summed E-state index contributed by atoms with van der Waals surface area (Å²) in [5, 5.41) is 1.10. The van der Waals surface area contributed by atoms with Gasteiger partial charge in [0.1, 0.15) is 5.82 Å². The second-order valence-corrected chi connectivity index (χ2v) is 8.81. The summed E-state index contributed by atoms with van der Waals surface area (Å²) in [4.78, 5) is 21.6. The Bertz CT molecular complexity index is 670. The molecule has 1 saturated heterocycles. The summed E-state index contributed by atoms with van der Waals surface area (Å²) in [5.41, 5.74) is 6.37. The number of rotatable bonds is 2. The monoisotopic (exact) mass is 468 g/mol. The third kappa shape index (κ3) is 4.81. The zero-order chi connectivity index (χ0) is 18.3. The minimum Gasteiger partial charge on any atom is -0.352 e. The zero-order valence-electron chi connectivity index (χ0n) is 15.7. The van der Waals surface area contributed by atoms with E-state index in [4.69, 9.17) is 28.9 Å².